The van der Waals surface area contributed by atoms with Gasteiger partial charge in [-0.25, -0.2) is 0 Å². The Kier molecular flexibility index (Phi) is 3.86. The van der Waals surface area contributed by atoms with Gasteiger partial charge in [-0.15, -0.1) is 0 Å². The van der Waals surface area contributed by atoms with Crippen LogP contribution in [0.3, 0.4) is 0 Å². The van der Waals surface area contributed by atoms with Crippen molar-refractivity contribution >= 4 is 17.3 Å². The van der Waals surface area contributed by atoms with E-state index in [-0.39, 0.29) is 29.1 Å². The van der Waals surface area contributed by atoms with Gasteiger partial charge in [-0.2, -0.15) is 0 Å². The van der Waals surface area contributed by atoms with E-state index >= 15 is 0 Å². The van der Waals surface area contributed by atoms with Crippen LogP contribution in [-0.4, -0.2) is 25.1 Å². The molecule has 0 spiro atoms. The van der Waals surface area contributed by atoms with Crippen LogP contribution in [0.4, 0.5) is 11.4 Å². The fraction of sp³-hybridized carbons (Fsp3) is 0.300. The molecule has 7 nitrogen and oxygen atoms in total. The zero-order valence-corrected chi connectivity index (χ0v) is 9.43. The fourth-order valence-electron chi connectivity index (χ4n) is 1.40. The molecule has 0 saturated heterocycles. The molecule has 0 aromatic heterocycles. The normalized spacial score (nSPS) is 9.76. The lowest BCUT2D eigenvalue weighted by atomic mass is 10.1. The Balaban J connectivity index is 3.26. The monoisotopic (exact) mass is 240 g/mol. The van der Waals surface area contributed by atoms with Crippen molar-refractivity contribution in [3.05, 3.63) is 27.8 Å². The average Bonchev–Trinajstić information content (AvgIpc) is 2.28. The van der Waals surface area contributed by atoms with Crippen LogP contribution < -0.4 is 10.5 Å². The van der Waals surface area contributed by atoms with Crippen molar-refractivity contribution < 1.29 is 19.2 Å². The van der Waals surface area contributed by atoms with Gasteiger partial charge in [-0.1, -0.05) is 0 Å². The molecule has 0 aliphatic heterocycles. The summed E-state index contributed by atoms with van der Waals surface area (Å²) in [5.41, 5.74) is 5.37. The van der Waals surface area contributed by atoms with Crippen LogP contribution in [0.1, 0.15) is 5.56 Å². The number of nitrogen functional groups attached to an aromatic ring is 1. The zero-order chi connectivity index (χ0) is 13.0. The summed E-state index contributed by atoms with van der Waals surface area (Å²) >= 11 is 0. The Hall–Kier alpha value is -2.31. The number of carbonyl (C=O) groups is 1. The van der Waals surface area contributed by atoms with Crippen molar-refractivity contribution in [2.75, 3.05) is 20.0 Å². The summed E-state index contributed by atoms with van der Waals surface area (Å²) < 4.78 is 9.33. The van der Waals surface area contributed by atoms with Gasteiger partial charge in [0.05, 0.1) is 25.6 Å². The SMILES string of the molecule is COC(=O)Cc1ccc(OC)c(N)c1[N+](=O)[O-]. The quantitative estimate of drug-likeness (QED) is 0.363. The van der Waals surface area contributed by atoms with E-state index in [4.69, 9.17) is 10.5 Å². The number of hydrogen-bond acceptors (Lipinski definition) is 6. The molecular weight excluding hydrogens is 228 g/mol. The highest BCUT2D eigenvalue weighted by Gasteiger charge is 2.23. The topological polar surface area (TPSA) is 105 Å². The molecule has 0 unspecified atom stereocenters. The molecule has 0 radical (unpaired) electrons. The number of hydrogen-bond donors (Lipinski definition) is 1. The number of carbonyl (C=O) groups excluding carboxylic acids is 1. The summed E-state index contributed by atoms with van der Waals surface area (Å²) in [6.45, 7) is 0. The van der Waals surface area contributed by atoms with Crippen molar-refractivity contribution in [1.82, 2.24) is 0 Å². The van der Waals surface area contributed by atoms with E-state index in [9.17, 15) is 14.9 Å². The molecule has 0 amide bonds. The summed E-state index contributed by atoms with van der Waals surface area (Å²) in [5.74, 6) is -0.372. The van der Waals surface area contributed by atoms with Gasteiger partial charge in [0, 0.05) is 5.56 Å². The van der Waals surface area contributed by atoms with Crippen molar-refractivity contribution in [2.45, 2.75) is 6.42 Å². The first-order chi connectivity index (χ1) is 8.01. The van der Waals surface area contributed by atoms with E-state index in [2.05, 4.69) is 4.74 Å². The number of ether oxygens (including phenoxy) is 2. The van der Waals surface area contributed by atoms with E-state index in [0.717, 1.165) is 0 Å². The highest BCUT2D eigenvalue weighted by atomic mass is 16.6. The van der Waals surface area contributed by atoms with Crippen LogP contribution in [0.2, 0.25) is 0 Å². The molecule has 1 rings (SSSR count). The van der Waals surface area contributed by atoms with Gasteiger partial charge in [0.1, 0.15) is 5.75 Å². The molecule has 1 aromatic rings. The second kappa shape index (κ2) is 5.15. The van der Waals surface area contributed by atoms with Gasteiger partial charge in [-0.3, -0.25) is 14.9 Å². The van der Waals surface area contributed by atoms with Crippen LogP contribution in [0.15, 0.2) is 12.1 Å². The number of nitrogens with zero attached hydrogens (tertiary/aromatic N) is 1. The van der Waals surface area contributed by atoms with Crippen LogP contribution in [-0.2, 0) is 16.0 Å². The molecule has 0 heterocycles. The predicted molar refractivity (Wildman–Crippen MR) is 59.8 cm³/mol. The molecule has 0 aliphatic carbocycles. The van der Waals surface area contributed by atoms with Crippen molar-refractivity contribution in [2.24, 2.45) is 0 Å². The summed E-state index contributed by atoms with van der Waals surface area (Å²) in [7, 11) is 2.57. The molecule has 1 aromatic carbocycles. The number of esters is 1. The van der Waals surface area contributed by atoms with E-state index in [0.29, 0.717) is 0 Å². The molecular formula is C10H12N2O5. The number of nitro benzene ring substituents is 1. The number of nitro groups is 1. The lowest BCUT2D eigenvalue weighted by Gasteiger charge is -2.08. The summed E-state index contributed by atoms with van der Waals surface area (Å²) in [6, 6.07) is 2.89. The largest absolute Gasteiger partial charge is 0.494 e. The molecule has 0 atom stereocenters. The van der Waals surface area contributed by atoms with Crippen LogP contribution in [0.25, 0.3) is 0 Å². The molecule has 92 valence electrons. The highest BCUT2D eigenvalue weighted by molar-refractivity contribution is 5.78. The molecule has 17 heavy (non-hydrogen) atoms. The summed E-state index contributed by atoms with van der Waals surface area (Å²) in [5, 5.41) is 10.9. The van der Waals surface area contributed by atoms with Gasteiger partial charge in [0.15, 0.2) is 5.69 Å². The minimum atomic E-state index is -0.643. The maximum absolute atomic E-state index is 11.1. The molecule has 7 heteroatoms. The molecule has 0 aliphatic rings. The minimum Gasteiger partial charge on any atom is -0.494 e. The van der Waals surface area contributed by atoms with E-state index in [1.165, 1.54) is 26.4 Å². The first-order valence-electron chi connectivity index (χ1n) is 4.67. The van der Waals surface area contributed by atoms with Gasteiger partial charge >= 0.3 is 5.97 Å². The van der Waals surface area contributed by atoms with Gasteiger partial charge in [-0.05, 0) is 12.1 Å². The molecule has 0 bridgehead atoms. The Labute approximate surface area is 97.3 Å². The van der Waals surface area contributed by atoms with E-state index < -0.39 is 10.9 Å². The highest BCUT2D eigenvalue weighted by Crippen LogP contribution is 2.34. The zero-order valence-electron chi connectivity index (χ0n) is 9.43. The number of benzene rings is 1. The maximum Gasteiger partial charge on any atom is 0.310 e. The van der Waals surface area contributed by atoms with Crippen LogP contribution in [0.5, 0.6) is 5.75 Å². The Morgan fingerprint density at radius 2 is 2.12 bits per heavy atom. The number of anilines is 1. The second-order valence-corrected chi connectivity index (χ2v) is 3.20. The first-order valence-corrected chi connectivity index (χ1v) is 4.67. The Morgan fingerprint density at radius 1 is 1.47 bits per heavy atom. The third-order valence-electron chi connectivity index (χ3n) is 2.23. The number of methoxy groups -OCH3 is 2. The van der Waals surface area contributed by atoms with Crippen molar-refractivity contribution in [3.8, 4) is 5.75 Å². The standard InChI is InChI=1S/C10H12N2O5/c1-16-7-4-3-6(5-8(13)17-2)10(9(7)11)12(14)15/h3-4H,5,11H2,1-2H3. The van der Waals surface area contributed by atoms with E-state index in [1.54, 1.807) is 0 Å². The van der Waals surface area contributed by atoms with E-state index in [1.807, 2.05) is 0 Å². The summed E-state index contributed by atoms with van der Waals surface area (Å²) in [6.07, 6.45) is -0.207. The lowest BCUT2D eigenvalue weighted by molar-refractivity contribution is -0.384. The average molecular weight is 240 g/mol. The lowest BCUT2D eigenvalue weighted by Crippen LogP contribution is -2.09. The molecule has 0 fully saturated rings. The summed E-state index contributed by atoms with van der Waals surface area (Å²) in [4.78, 5) is 21.4. The number of nitrogens with two attached hydrogens (primary N) is 1. The minimum absolute atomic E-state index is 0.0982. The first kappa shape index (κ1) is 12.8. The van der Waals surface area contributed by atoms with Crippen molar-refractivity contribution in [3.63, 3.8) is 0 Å². The molecule has 2 N–H and O–H groups in total. The smallest absolute Gasteiger partial charge is 0.310 e. The number of rotatable bonds is 4. The fourth-order valence-corrected chi connectivity index (χ4v) is 1.40. The van der Waals surface area contributed by atoms with Crippen molar-refractivity contribution in [1.29, 1.82) is 0 Å². The van der Waals surface area contributed by atoms with Crippen LogP contribution >= 0.6 is 0 Å². The maximum atomic E-state index is 11.1. The third kappa shape index (κ3) is 2.63. The Bertz CT molecular complexity index is 458. The van der Waals surface area contributed by atoms with Crippen LogP contribution in [0, 0.1) is 10.1 Å². The van der Waals surface area contributed by atoms with Gasteiger partial charge < -0.3 is 15.2 Å². The second-order valence-electron chi connectivity index (χ2n) is 3.20. The van der Waals surface area contributed by atoms with Gasteiger partial charge in [0.25, 0.3) is 5.69 Å². The Morgan fingerprint density at radius 3 is 2.59 bits per heavy atom. The van der Waals surface area contributed by atoms with Gasteiger partial charge in [0.2, 0.25) is 0 Å². The third-order valence-corrected chi connectivity index (χ3v) is 2.23. The molecule has 0 saturated carbocycles. The predicted octanol–water partition coefficient (Wildman–Crippen LogP) is 0.901.